The van der Waals surface area contributed by atoms with E-state index >= 15 is 0 Å². The van der Waals surface area contributed by atoms with Crippen molar-refractivity contribution in [3.8, 4) is 67.3 Å². The largest absolute Gasteiger partial charge is 0.228 e. The molecule has 12 rings (SSSR count). The minimum atomic E-state index is -0.329. The van der Waals surface area contributed by atoms with Gasteiger partial charge in [0.25, 0.3) is 0 Å². The summed E-state index contributed by atoms with van der Waals surface area (Å²) in [6.07, 6.45) is 0. The molecular formula is C58H38N2S. The smallest absolute Gasteiger partial charge is 0.161 e. The maximum absolute atomic E-state index is 5.54. The van der Waals surface area contributed by atoms with Gasteiger partial charge in [0.1, 0.15) is 0 Å². The molecule has 0 saturated carbocycles. The normalized spacial score (nSPS) is 14.4. The number of rotatable bonds is 6. The molecule has 0 bridgehead atoms. The van der Waals surface area contributed by atoms with Gasteiger partial charge in [-0.1, -0.05) is 182 Å². The predicted molar refractivity (Wildman–Crippen MR) is 257 cm³/mol. The van der Waals surface area contributed by atoms with Crippen molar-refractivity contribution in [3.05, 3.63) is 229 Å². The number of hydrogen-bond donors (Lipinski definition) is 0. The molecule has 3 heteroatoms. The van der Waals surface area contributed by atoms with E-state index in [0.717, 1.165) is 55.5 Å². The molecule has 2 heterocycles. The second-order valence-electron chi connectivity index (χ2n) is 16.2. The Labute approximate surface area is 359 Å². The first kappa shape index (κ1) is 35.5. The van der Waals surface area contributed by atoms with E-state index in [1.165, 1.54) is 53.6 Å². The Balaban J connectivity index is 1.13. The molecule has 2 nitrogen and oxygen atoms in total. The van der Waals surface area contributed by atoms with Crippen LogP contribution >= 0.6 is 11.3 Å². The third-order valence-electron chi connectivity index (χ3n) is 12.8. The maximum atomic E-state index is 5.54. The molecule has 1 unspecified atom stereocenters. The molecule has 11 aromatic rings. The average molecular weight is 795 g/mol. The van der Waals surface area contributed by atoms with Crippen molar-refractivity contribution >= 4 is 42.3 Å². The lowest BCUT2D eigenvalue weighted by molar-refractivity contribution is 0.714. The van der Waals surface area contributed by atoms with Gasteiger partial charge >= 0.3 is 0 Å². The van der Waals surface area contributed by atoms with Crippen LogP contribution in [-0.2, 0) is 5.41 Å². The summed E-state index contributed by atoms with van der Waals surface area (Å²) in [7, 11) is 0. The van der Waals surface area contributed by atoms with Gasteiger partial charge in [-0.2, -0.15) is 0 Å². The third-order valence-corrected chi connectivity index (χ3v) is 14.0. The Morgan fingerprint density at radius 2 is 0.984 bits per heavy atom. The highest BCUT2D eigenvalue weighted by molar-refractivity contribution is 7.26. The van der Waals surface area contributed by atoms with Crippen LogP contribution in [0.4, 0.5) is 0 Å². The van der Waals surface area contributed by atoms with Gasteiger partial charge in [0.05, 0.1) is 11.4 Å². The zero-order chi connectivity index (χ0) is 40.5. The molecule has 0 fully saturated rings. The maximum Gasteiger partial charge on any atom is 0.161 e. The molecule has 9 aromatic carbocycles. The number of fused-ring (bicyclic) bond motifs is 7. The second kappa shape index (κ2) is 14.1. The zero-order valence-electron chi connectivity index (χ0n) is 33.5. The first-order valence-corrected chi connectivity index (χ1v) is 21.7. The van der Waals surface area contributed by atoms with Crippen molar-refractivity contribution in [2.45, 2.75) is 12.3 Å². The van der Waals surface area contributed by atoms with Crippen LogP contribution in [-0.4, -0.2) is 9.97 Å². The fourth-order valence-electron chi connectivity index (χ4n) is 9.81. The van der Waals surface area contributed by atoms with E-state index in [9.17, 15) is 0 Å². The Kier molecular flexibility index (Phi) is 8.19. The van der Waals surface area contributed by atoms with Crippen molar-refractivity contribution in [2.75, 3.05) is 0 Å². The molecule has 1 aliphatic carbocycles. The van der Waals surface area contributed by atoms with E-state index in [1.807, 2.05) is 11.3 Å². The van der Waals surface area contributed by atoms with Gasteiger partial charge in [-0.3, -0.25) is 0 Å². The highest BCUT2D eigenvalue weighted by atomic mass is 32.1. The summed E-state index contributed by atoms with van der Waals surface area (Å²) >= 11 is 1.87. The molecule has 61 heavy (non-hydrogen) atoms. The first-order valence-electron chi connectivity index (χ1n) is 20.9. The number of nitrogens with zero attached hydrogens (tertiary/aromatic N) is 2. The van der Waals surface area contributed by atoms with Gasteiger partial charge in [-0.15, -0.1) is 11.3 Å². The van der Waals surface area contributed by atoms with E-state index in [4.69, 9.17) is 9.97 Å². The van der Waals surface area contributed by atoms with E-state index in [1.54, 1.807) is 0 Å². The molecule has 2 aromatic heterocycles. The van der Waals surface area contributed by atoms with Crippen molar-refractivity contribution in [3.63, 3.8) is 0 Å². The van der Waals surface area contributed by atoms with Crippen LogP contribution < -0.4 is 0 Å². The van der Waals surface area contributed by atoms with Crippen LogP contribution in [0.15, 0.2) is 212 Å². The summed E-state index contributed by atoms with van der Waals surface area (Å²) < 4.78 is 2.59. The van der Waals surface area contributed by atoms with Gasteiger partial charge in [0.15, 0.2) is 5.82 Å². The lowest BCUT2D eigenvalue weighted by Crippen LogP contribution is -2.22. The lowest BCUT2D eigenvalue weighted by Gasteiger charge is -2.28. The fourth-order valence-corrected chi connectivity index (χ4v) is 11.1. The standard InChI is InChI=1S/C58H38N2S/c1-58(42-21-6-3-7-22-42)50-30-12-10-25-48(50)55-49(29-16-31-51(55)58)53-36-52(59-57(60-53)47-28-14-20-38-19-8-9-23-43(38)47)41-34-39(37-17-4-2-5-18-37)33-40(35-41)44-26-15-27-46-45-24-11-13-32-54(45)61-56(44)46/h2-36H,1H3. The summed E-state index contributed by atoms with van der Waals surface area (Å²) in [5, 5.41) is 4.87. The fraction of sp³-hybridized carbons (Fsp3) is 0.0345. The molecule has 0 N–H and O–H groups in total. The number of thiophene rings is 1. The molecule has 0 aliphatic heterocycles. The highest BCUT2D eigenvalue weighted by Crippen LogP contribution is 2.55. The summed E-state index contributed by atoms with van der Waals surface area (Å²) in [6, 6.07) is 77.0. The Hall–Kier alpha value is -7.46. The van der Waals surface area contributed by atoms with Crippen LogP contribution in [0.1, 0.15) is 23.6 Å². The number of hydrogen-bond acceptors (Lipinski definition) is 3. The number of aromatic nitrogens is 2. The summed E-state index contributed by atoms with van der Waals surface area (Å²) in [4.78, 5) is 11.1. The molecule has 0 amide bonds. The topological polar surface area (TPSA) is 25.8 Å². The highest BCUT2D eigenvalue weighted by Gasteiger charge is 2.41. The Morgan fingerprint density at radius 1 is 0.393 bits per heavy atom. The zero-order valence-corrected chi connectivity index (χ0v) is 34.3. The predicted octanol–water partition coefficient (Wildman–Crippen LogP) is 15.7. The monoisotopic (exact) mass is 794 g/mol. The summed E-state index contributed by atoms with van der Waals surface area (Å²) in [5.74, 6) is 0.706. The minimum absolute atomic E-state index is 0.329. The molecule has 1 atom stereocenters. The van der Waals surface area contributed by atoms with Gasteiger partial charge in [0, 0.05) is 42.3 Å². The number of benzene rings is 9. The van der Waals surface area contributed by atoms with Crippen LogP contribution in [0.5, 0.6) is 0 Å². The van der Waals surface area contributed by atoms with E-state index < -0.39 is 0 Å². The molecule has 1 aliphatic rings. The van der Waals surface area contributed by atoms with E-state index in [2.05, 4.69) is 219 Å². The van der Waals surface area contributed by atoms with Gasteiger partial charge in [-0.05, 0) is 98.1 Å². The van der Waals surface area contributed by atoms with Crippen LogP contribution in [0.2, 0.25) is 0 Å². The van der Waals surface area contributed by atoms with Crippen molar-refractivity contribution in [1.82, 2.24) is 9.97 Å². The van der Waals surface area contributed by atoms with Crippen molar-refractivity contribution < 1.29 is 0 Å². The molecule has 0 spiro atoms. The second-order valence-corrected chi connectivity index (χ2v) is 17.3. The third kappa shape index (κ3) is 5.69. The average Bonchev–Trinajstić information content (AvgIpc) is 3.85. The molecule has 0 radical (unpaired) electrons. The van der Waals surface area contributed by atoms with Gasteiger partial charge < -0.3 is 0 Å². The molecule has 0 saturated heterocycles. The van der Waals surface area contributed by atoms with E-state index in [0.29, 0.717) is 5.82 Å². The molecular weight excluding hydrogens is 757 g/mol. The summed E-state index contributed by atoms with van der Waals surface area (Å²) in [6.45, 7) is 2.37. The SMILES string of the molecule is CC1(c2ccccc2)c2ccccc2-c2c(-c3cc(-c4cc(-c5ccccc5)cc(-c5cccc6c5sc5ccccc56)c4)nc(-c4cccc5ccccc45)n3)cccc21. The van der Waals surface area contributed by atoms with Crippen LogP contribution in [0, 0.1) is 0 Å². The Morgan fingerprint density at radius 3 is 1.87 bits per heavy atom. The lowest BCUT2D eigenvalue weighted by atomic mass is 9.74. The van der Waals surface area contributed by atoms with Gasteiger partial charge in [-0.25, -0.2) is 9.97 Å². The van der Waals surface area contributed by atoms with Crippen molar-refractivity contribution in [2.24, 2.45) is 0 Å². The molecule has 286 valence electrons. The van der Waals surface area contributed by atoms with Crippen molar-refractivity contribution in [1.29, 1.82) is 0 Å². The van der Waals surface area contributed by atoms with Crippen LogP contribution in [0.25, 0.3) is 98.2 Å². The quantitative estimate of drug-likeness (QED) is 0.168. The summed E-state index contributed by atoms with van der Waals surface area (Å²) in [5.41, 5.74) is 15.6. The van der Waals surface area contributed by atoms with Gasteiger partial charge in [0.2, 0.25) is 0 Å². The van der Waals surface area contributed by atoms with Crippen LogP contribution in [0.3, 0.4) is 0 Å². The first-order chi connectivity index (χ1) is 30.1. The minimum Gasteiger partial charge on any atom is -0.228 e. The Bertz CT molecular complexity index is 3490. The van der Waals surface area contributed by atoms with E-state index in [-0.39, 0.29) is 5.41 Å².